The number of aliphatic hydroxyl groups is 1. The van der Waals surface area contributed by atoms with Crippen molar-refractivity contribution in [3.05, 3.63) is 29.3 Å². The van der Waals surface area contributed by atoms with Crippen molar-refractivity contribution in [1.29, 1.82) is 0 Å². The van der Waals surface area contributed by atoms with Crippen molar-refractivity contribution in [3.63, 3.8) is 0 Å². The van der Waals surface area contributed by atoms with Crippen molar-refractivity contribution in [2.75, 3.05) is 6.54 Å². The van der Waals surface area contributed by atoms with Crippen LogP contribution in [0.2, 0.25) is 0 Å². The molecule has 1 fully saturated rings. The molecule has 1 atom stereocenters. The van der Waals surface area contributed by atoms with Crippen molar-refractivity contribution in [1.82, 2.24) is 5.32 Å². The van der Waals surface area contributed by atoms with Crippen molar-refractivity contribution < 1.29 is 18.3 Å². The number of aliphatic hydroxyl groups excluding tert-OH is 1. The van der Waals surface area contributed by atoms with Gasteiger partial charge in [0.15, 0.2) is 14.6 Å². The number of hydrogen-bond acceptors (Lipinski definition) is 4. The zero-order chi connectivity index (χ0) is 17.3. The smallest absolute Gasteiger partial charge is 0.241 e. The highest BCUT2D eigenvalue weighted by molar-refractivity contribution is 7.93. The minimum Gasteiger partial charge on any atom is -0.392 e. The maximum Gasteiger partial charge on any atom is 0.241 e. The van der Waals surface area contributed by atoms with E-state index in [0.717, 1.165) is 5.56 Å². The number of sulfone groups is 1. The molecular formula is C17H25NO4S. The van der Waals surface area contributed by atoms with Gasteiger partial charge in [-0.3, -0.25) is 4.79 Å². The number of aryl methyl sites for hydroxylation is 2. The zero-order valence-corrected chi connectivity index (χ0v) is 14.7. The van der Waals surface area contributed by atoms with Gasteiger partial charge < -0.3 is 10.4 Å². The van der Waals surface area contributed by atoms with Crippen molar-refractivity contribution in [3.8, 4) is 0 Å². The summed E-state index contributed by atoms with van der Waals surface area (Å²) in [7, 11) is -3.79. The van der Waals surface area contributed by atoms with Gasteiger partial charge in [0.25, 0.3) is 0 Å². The highest BCUT2D eigenvalue weighted by Gasteiger charge is 2.53. The van der Waals surface area contributed by atoms with E-state index < -0.39 is 26.6 Å². The highest BCUT2D eigenvalue weighted by atomic mass is 32.2. The molecule has 0 aromatic heterocycles. The summed E-state index contributed by atoms with van der Waals surface area (Å²) in [5.74, 6) is -0.489. The minimum atomic E-state index is -3.79. The van der Waals surface area contributed by atoms with Gasteiger partial charge in [-0.05, 0) is 50.8 Å². The maximum absolute atomic E-state index is 13.3. The number of hydrogen-bond donors (Lipinski definition) is 2. The van der Waals surface area contributed by atoms with Crippen LogP contribution in [-0.2, 0) is 14.6 Å². The summed E-state index contributed by atoms with van der Waals surface area (Å²) >= 11 is 0. The predicted octanol–water partition coefficient (Wildman–Crippen LogP) is 1.89. The summed E-state index contributed by atoms with van der Waals surface area (Å²) in [6.07, 6.45) is 1.38. The molecule has 2 N–H and O–H groups in total. The molecule has 0 aliphatic heterocycles. The second-order valence-electron chi connectivity index (χ2n) is 6.53. The van der Waals surface area contributed by atoms with Crippen LogP contribution in [0.4, 0.5) is 0 Å². The first-order valence-electron chi connectivity index (χ1n) is 7.99. The summed E-state index contributed by atoms with van der Waals surface area (Å²) in [6, 6.07) is 5.29. The lowest BCUT2D eigenvalue weighted by Crippen LogP contribution is -2.52. The third kappa shape index (κ3) is 3.28. The number of nitrogens with one attached hydrogen (secondary N) is 1. The fraction of sp³-hybridized carbons (Fsp3) is 0.588. The minimum absolute atomic E-state index is 0.0584. The van der Waals surface area contributed by atoms with Gasteiger partial charge in [-0.2, -0.15) is 0 Å². The summed E-state index contributed by atoms with van der Waals surface area (Å²) in [5.41, 5.74) is 1.51. The third-order valence-electron chi connectivity index (χ3n) is 4.53. The fourth-order valence-electron chi connectivity index (χ4n) is 3.17. The van der Waals surface area contributed by atoms with E-state index in [0.29, 0.717) is 31.2 Å². The Morgan fingerprint density at radius 2 is 1.91 bits per heavy atom. The normalized spacial score (nSPS) is 18.6. The quantitative estimate of drug-likeness (QED) is 0.858. The van der Waals surface area contributed by atoms with Gasteiger partial charge in [0, 0.05) is 6.54 Å². The van der Waals surface area contributed by atoms with Crippen LogP contribution in [0.5, 0.6) is 0 Å². The van der Waals surface area contributed by atoms with Crippen molar-refractivity contribution in [2.24, 2.45) is 0 Å². The van der Waals surface area contributed by atoms with Gasteiger partial charge in [0.1, 0.15) is 0 Å². The molecule has 1 aliphatic carbocycles. The van der Waals surface area contributed by atoms with E-state index in [1.807, 2.05) is 13.0 Å². The average Bonchev–Trinajstić information content (AvgIpc) is 2.98. The first kappa shape index (κ1) is 17.9. The lowest BCUT2D eigenvalue weighted by Gasteiger charge is -2.28. The van der Waals surface area contributed by atoms with Crippen LogP contribution in [0.3, 0.4) is 0 Å². The molecular weight excluding hydrogens is 314 g/mol. The van der Waals surface area contributed by atoms with Crippen molar-refractivity contribution >= 4 is 15.7 Å². The summed E-state index contributed by atoms with van der Waals surface area (Å²) < 4.78 is 25.2. The van der Waals surface area contributed by atoms with Crippen LogP contribution in [-0.4, -0.2) is 36.8 Å². The first-order valence-corrected chi connectivity index (χ1v) is 9.47. The molecule has 6 heteroatoms. The lowest BCUT2D eigenvalue weighted by molar-refractivity contribution is -0.124. The van der Waals surface area contributed by atoms with E-state index in [1.54, 1.807) is 26.0 Å². The number of amides is 1. The Morgan fingerprint density at radius 1 is 1.30 bits per heavy atom. The lowest BCUT2D eigenvalue weighted by atomic mass is 10.1. The molecule has 1 aromatic carbocycles. The van der Waals surface area contributed by atoms with E-state index in [-0.39, 0.29) is 11.4 Å². The standard InChI is InChI=1S/C17H25NO4S/c1-12-6-7-13(2)15(10-12)23(21,22)17(8-4-5-9-17)16(20)18-11-14(3)19/h6-7,10,14,19H,4-5,8-9,11H2,1-3H3,(H,18,20)/t14-/m1/s1. The summed E-state index contributed by atoms with van der Waals surface area (Å²) in [5, 5.41) is 12.0. The average molecular weight is 339 g/mol. The Bertz CT molecular complexity index is 689. The number of carbonyl (C=O) groups is 1. The van der Waals surface area contributed by atoms with Crippen LogP contribution in [0.15, 0.2) is 23.1 Å². The van der Waals surface area contributed by atoms with Gasteiger partial charge in [-0.25, -0.2) is 8.42 Å². The van der Waals surface area contributed by atoms with Crippen LogP contribution in [0.25, 0.3) is 0 Å². The molecule has 5 nitrogen and oxygen atoms in total. The molecule has 23 heavy (non-hydrogen) atoms. The molecule has 0 radical (unpaired) electrons. The van der Waals surface area contributed by atoms with Gasteiger partial charge in [0.2, 0.25) is 5.91 Å². The molecule has 128 valence electrons. The van der Waals surface area contributed by atoms with Crippen molar-refractivity contribution in [2.45, 2.75) is 62.2 Å². The van der Waals surface area contributed by atoms with E-state index in [2.05, 4.69) is 5.32 Å². The Kier molecular flexibility index (Phi) is 5.16. The Labute approximate surface area is 138 Å². The largest absolute Gasteiger partial charge is 0.392 e. The topological polar surface area (TPSA) is 83.5 Å². The second-order valence-corrected chi connectivity index (χ2v) is 8.76. The summed E-state index contributed by atoms with van der Waals surface area (Å²) in [6.45, 7) is 5.21. The number of carbonyl (C=O) groups excluding carboxylic acids is 1. The second kappa shape index (κ2) is 6.61. The number of benzene rings is 1. The van der Waals surface area contributed by atoms with Crippen LogP contribution >= 0.6 is 0 Å². The highest BCUT2D eigenvalue weighted by Crippen LogP contribution is 2.41. The van der Waals surface area contributed by atoms with Gasteiger partial charge in [0.05, 0.1) is 11.0 Å². The van der Waals surface area contributed by atoms with Crippen LogP contribution < -0.4 is 5.32 Å². The fourth-order valence-corrected chi connectivity index (χ4v) is 5.57. The Hall–Kier alpha value is -1.40. The molecule has 0 unspecified atom stereocenters. The molecule has 1 aromatic rings. The van der Waals surface area contributed by atoms with E-state index in [4.69, 9.17) is 0 Å². The SMILES string of the molecule is Cc1ccc(C)c(S(=O)(=O)C2(C(=O)NC[C@@H](C)O)CCCC2)c1. The summed E-state index contributed by atoms with van der Waals surface area (Å²) in [4.78, 5) is 12.9. The van der Waals surface area contributed by atoms with E-state index in [9.17, 15) is 18.3 Å². The molecule has 0 saturated heterocycles. The molecule has 2 rings (SSSR count). The predicted molar refractivity (Wildman–Crippen MR) is 89.0 cm³/mol. The monoisotopic (exact) mass is 339 g/mol. The molecule has 0 spiro atoms. The first-order chi connectivity index (χ1) is 10.7. The Balaban J connectivity index is 2.47. The molecule has 0 bridgehead atoms. The van der Waals surface area contributed by atoms with Crippen LogP contribution in [0.1, 0.15) is 43.7 Å². The Morgan fingerprint density at radius 3 is 2.48 bits per heavy atom. The van der Waals surface area contributed by atoms with Gasteiger partial charge >= 0.3 is 0 Å². The van der Waals surface area contributed by atoms with Gasteiger partial charge in [-0.1, -0.05) is 25.0 Å². The maximum atomic E-state index is 13.3. The zero-order valence-electron chi connectivity index (χ0n) is 13.9. The van der Waals surface area contributed by atoms with E-state index >= 15 is 0 Å². The van der Waals surface area contributed by atoms with Crippen LogP contribution in [0, 0.1) is 13.8 Å². The molecule has 0 heterocycles. The number of rotatable bonds is 5. The van der Waals surface area contributed by atoms with E-state index in [1.165, 1.54) is 0 Å². The van der Waals surface area contributed by atoms with Gasteiger partial charge in [-0.15, -0.1) is 0 Å². The molecule has 1 aliphatic rings. The molecule has 1 amide bonds. The third-order valence-corrected chi connectivity index (χ3v) is 7.17. The molecule has 1 saturated carbocycles.